The average molecular weight is 253 g/mol. The van der Waals surface area contributed by atoms with Crippen molar-refractivity contribution < 1.29 is 4.74 Å². The molecular formula is C10H9BrN2O. The van der Waals surface area contributed by atoms with Crippen LogP contribution in [-0.2, 0) is 0 Å². The van der Waals surface area contributed by atoms with Crippen molar-refractivity contribution in [3.05, 3.63) is 30.7 Å². The van der Waals surface area contributed by atoms with Crippen molar-refractivity contribution >= 4 is 26.8 Å². The van der Waals surface area contributed by atoms with Crippen LogP contribution in [0.1, 0.15) is 0 Å². The number of benzene rings is 1. The van der Waals surface area contributed by atoms with E-state index >= 15 is 0 Å². The van der Waals surface area contributed by atoms with Crippen LogP contribution in [0.2, 0.25) is 0 Å². The van der Waals surface area contributed by atoms with Gasteiger partial charge in [0.25, 0.3) is 0 Å². The highest BCUT2D eigenvalue weighted by molar-refractivity contribution is 9.09. The van der Waals surface area contributed by atoms with Gasteiger partial charge in [-0.05, 0) is 12.1 Å². The smallest absolute Gasteiger partial charge is 0.121 e. The average Bonchev–Trinajstić information content (AvgIpc) is 2.26. The Hall–Kier alpha value is -1.16. The third-order valence-corrected chi connectivity index (χ3v) is 2.15. The predicted octanol–water partition coefficient (Wildman–Crippen LogP) is 2.40. The second-order valence-electron chi connectivity index (χ2n) is 2.78. The summed E-state index contributed by atoms with van der Waals surface area (Å²) in [5.41, 5.74) is 0.909. The molecule has 2 rings (SSSR count). The Balaban J connectivity index is 2.32. The number of aromatic nitrogens is 2. The lowest BCUT2D eigenvalue weighted by atomic mass is 10.2. The lowest BCUT2D eigenvalue weighted by Crippen LogP contribution is -1.97. The van der Waals surface area contributed by atoms with Crippen LogP contribution in [0.3, 0.4) is 0 Å². The molecule has 0 saturated heterocycles. The van der Waals surface area contributed by atoms with Crippen LogP contribution in [0.15, 0.2) is 30.7 Å². The lowest BCUT2D eigenvalue weighted by molar-refractivity contribution is 0.345. The molecule has 72 valence electrons. The molecule has 0 radical (unpaired) electrons. The molecule has 1 heterocycles. The zero-order valence-electron chi connectivity index (χ0n) is 7.48. The number of ether oxygens (including phenoxy) is 1. The quantitative estimate of drug-likeness (QED) is 0.788. The van der Waals surface area contributed by atoms with Crippen molar-refractivity contribution in [3.63, 3.8) is 0 Å². The Morgan fingerprint density at radius 2 is 2.29 bits per heavy atom. The molecule has 0 atom stereocenters. The van der Waals surface area contributed by atoms with Crippen LogP contribution in [0, 0.1) is 0 Å². The maximum Gasteiger partial charge on any atom is 0.121 e. The molecule has 0 amide bonds. The van der Waals surface area contributed by atoms with Gasteiger partial charge in [-0.3, -0.25) is 0 Å². The topological polar surface area (TPSA) is 35.0 Å². The third-order valence-electron chi connectivity index (χ3n) is 1.82. The second-order valence-corrected chi connectivity index (χ2v) is 3.57. The number of alkyl halides is 1. The van der Waals surface area contributed by atoms with E-state index in [0.717, 1.165) is 22.0 Å². The minimum atomic E-state index is 0.663. The highest BCUT2D eigenvalue weighted by Gasteiger charge is 1.97. The molecule has 4 heteroatoms. The fourth-order valence-electron chi connectivity index (χ4n) is 1.20. The molecule has 2 aromatic rings. The van der Waals surface area contributed by atoms with Crippen LogP contribution in [0.4, 0.5) is 0 Å². The summed E-state index contributed by atoms with van der Waals surface area (Å²) in [6, 6.07) is 5.80. The maximum atomic E-state index is 5.46. The van der Waals surface area contributed by atoms with E-state index in [2.05, 4.69) is 25.9 Å². The van der Waals surface area contributed by atoms with Gasteiger partial charge >= 0.3 is 0 Å². The molecule has 1 aromatic carbocycles. The molecule has 0 aliphatic carbocycles. The van der Waals surface area contributed by atoms with Crippen molar-refractivity contribution in [1.29, 1.82) is 0 Å². The van der Waals surface area contributed by atoms with E-state index in [4.69, 9.17) is 4.74 Å². The number of hydrogen-bond donors (Lipinski definition) is 0. The molecule has 0 bridgehead atoms. The molecule has 0 N–H and O–H groups in total. The van der Waals surface area contributed by atoms with Crippen LogP contribution in [0.25, 0.3) is 10.9 Å². The van der Waals surface area contributed by atoms with Crippen molar-refractivity contribution in [2.45, 2.75) is 0 Å². The number of hydrogen-bond acceptors (Lipinski definition) is 3. The monoisotopic (exact) mass is 252 g/mol. The van der Waals surface area contributed by atoms with Crippen molar-refractivity contribution in [1.82, 2.24) is 9.97 Å². The van der Waals surface area contributed by atoms with Gasteiger partial charge in [-0.15, -0.1) is 0 Å². The van der Waals surface area contributed by atoms with Crippen LogP contribution in [-0.4, -0.2) is 21.9 Å². The summed E-state index contributed by atoms with van der Waals surface area (Å²) >= 11 is 3.31. The second kappa shape index (κ2) is 4.37. The van der Waals surface area contributed by atoms with E-state index in [0.29, 0.717) is 6.61 Å². The fourth-order valence-corrected chi connectivity index (χ4v) is 1.36. The summed E-state index contributed by atoms with van der Waals surface area (Å²) in [6.45, 7) is 0.663. The van der Waals surface area contributed by atoms with Gasteiger partial charge in [0, 0.05) is 23.0 Å². The van der Waals surface area contributed by atoms with E-state index in [9.17, 15) is 0 Å². The van der Waals surface area contributed by atoms with Crippen LogP contribution < -0.4 is 4.74 Å². The molecule has 0 saturated carbocycles. The van der Waals surface area contributed by atoms with E-state index in [1.807, 2.05) is 18.2 Å². The molecule has 0 fully saturated rings. The van der Waals surface area contributed by atoms with Gasteiger partial charge in [-0.1, -0.05) is 15.9 Å². The molecule has 0 unspecified atom stereocenters. The molecule has 0 aliphatic heterocycles. The first-order valence-corrected chi connectivity index (χ1v) is 5.41. The molecule has 0 spiro atoms. The highest BCUT2D eigenvalue weighted by Crippen LogP contribution is 2.17. The van der Waals surface area contributed by atoms with Crippen molar-refractivity contribution in [2.24, 2.45) is 0 Å². The number of halogens is 1. The van der Waals surface area contributed by atoms with E-state index in [1.54, 1.807) is 6.20 Å². The summed E-state index contributed by atoms with van der Waals surface area (Å²) in [5.74, 6) is 0.843. The first-order chi connectivity index (χ1) is 6.90. The summed E-state index contributed by atoms with van der Waals surface area (Å²) < 4.78 is 5.46. The predicted molar refractivity (Wildman–Crippen MR) is 58.8 cm³/mol. The van der Waals surface area contributed by atoms with Gasteiger partial charge < -0.3 is 4.74 Å². The molecule has 0 aliphatic rings. The van der Waals surface area contributed by atoms with Gasteiger partial charge in [-0.25, -0.2) is 9.97 Å². The highest BCUT2D eigenvalue weighted by atomic mass is 79.9. The van der Waals surface area contributed by atoms with Gasteiger partial charge in [0.15, 0.2) is 0 Å². The molecule has 3 nitrogen and oxygen atoms in total. The Bertz CT molecular complexity index is 433. The van der Waals surface area contributed by atoms with Gasteiger partial charge in [0.1, 0.15) is 12.1 Å². The number of nitrogens with zero attached hydrogens (tertiary/aromatic N) is 2. The Kier molecular flexibility index (Phi) is 2.93. The van der Waals surface area contributed by atoms with Gasteiger partial charge in [0.05, 0.1) is 12.1 Å². The minimum absolute atomic E-state index is 0.663. The molecular weight excluding hydrogens is 244 g/mol. The van der Waals surface area contributed by atoms with Gasteiger partial charge in [-0.2, -0.15) is 0 Å². The zero-order chi connectivity index (χ0) is 9.80. The number of fused-ring (bicyclic) bond motifs is 1. The van der Waals surface area contributed by atoms with E-state index in [1.165, 1.54) is 6.33 Å². The van der Waals surface area contributed by atoms with Crippen LogP contribution in [0.5, 0.6) is 5.75 Å². The van der Waals surface area contributed by atoms with Crippen molar-refractivity contribution in [2.75, 3.05) is 11.9 Å². The lowest BCUT2D eigenvalue weighted by Gasteiger charge is -2.04. The Morgan fingerprint density at radius 3 is 3.14 bits per heavy atom. The van der Waals surface area contributed by atoms with Gasteiger partial charge in [0.2, 0.25) is 0 Å². The summed E-state index contributed by atoms with van der Waals surface area (Å²) in [7, 11) is 0. The fraction of sp³-hybridized carbons (Fsp3) is 0.200. The summed E-state index contributed by atoms with van der Waals surface area (Å²) in [4.78, 5) is 8.09. The SMILES string of the molecule is BrCCOc1ccc2cncnc2c1. The zero-order valence-corrected chi connectivity index (χ0v) is 9.07. The summed E-state index contributed by atoms with van der Waals surface area (Å²) in [5, 5.41) is 1.85. The Morgan fingerprint density at radius 1 is 1.36 bits per heavy atom. The molecule has 1 aromatic heterocycles. The van der Waals surface area contributed by atoms with Crippen LogP contribution >= 0.6 is 15.9 Å². The normalized spacial score (nSPS) is 10.4. The standard InChI is InChI=1S/C10H9BrN2O/c11-3-4-14-9-2-1-8-6-12-7-13-10(8)5-9/h1-2,5-7H,3-4H2. The third kappa shape index (κ3) is 2.01. The first-order valence-electron chi connectivity index (χ1n) is 4.28. The number of rotatable bonds is 3. The van der Waals surface area contributed by atoms with Crippen molar-refractivity contribution in [3.8, 4) is 5.75 Å². The maximum absolute atomic E-state index is 5.46. The Labute approximate surface area is 90.3 Å². The minimum Gasteiger partial charge on any atom is -0.493 e. The van der Waals surface area contributed by atoms with E-state index < -0.39 is 0 Å². The summed E-state index contributed by atoms with van der Waals surface area (Å²) in [6.07, 6.45) is 3.33. The largest absolute Gasteiger partial charge is 0.493 e. The van der Waals surface area contributed by atoms with E-state index in [-0.39, 0.29) is 0 Å². The molecule has 14 heavy (non-hydrogen) atoms. The first kappa shape index (κ1) is 9.40.